The third kappa shape index (κ3) is 5.96. The van der Waals surface area contributed by atoms with Gasteiger partial charge in [-0.15, -0.1) is 0 Å². The van der Waals surface area contributed by atoms with Crippen LogP contribution in [0.1, 0.15) is 44.5 Å². The van der Waals surface area contributed by atoms with E-state index in [0.29, 0.717) is 0 Å². The maximum absolute atomic E-state index is 6.89. The second-order valence-electron chi connectivity index (χ2n) is 17.4. The van der Waals surface area contributed by atoms with Gasteiger partial charge in [0, 0.05) is 50.3 Å². The molecule has 0 N–H and O–H groups in total. The molecule has 2 aromatic heterocycles. The highest BCUT2D eigenvalue weighted by Crippen LogP contribution is 2.45. The van der Waals surface area contributed by atoms with Gasteiger partial charge in [0.05, 0.1) is 5.39 Å². The molecule has 9 aromatic carbocycles. The molecule has 0 unspecified atom stereocenters. The van der Waals surface area contributed by atoms with Crippen molar-refractivity contribution in [2.24, 2.45) is 0 Å². The third-order valence-corrected chi connectivity index (χ3v) is 13.5. The molecule has 11 aromatic rings. The lowest BCUT2D eigenvalue weighted by molar-refractivity contribution is 0.663. The zero-order chi connectivity index (χ0) is 42.6. The zero-order valence-corrected chi connectivity index (χ0v) is 36.6. The van der Waals surface area contributed by atoms with Gasteiger partial charge in [0.15, 0.2) is 0 Å². The van der Waals surface area contributed by atoms with Crippen molar-refractivity contribution in [2.75, 3.05) is 9.80 Å². The van der Waals surface area contributed by atoms with E-state index in [2.05, 4.69) is 211 Å². The van der Waals surface area contributed by atoms with Crippen LogP contribution in [0.15, 0.2) is 154 Å². The number of hydrogen-bond donors (Lipinski definition) is 0. The zero-order valence-electron chi connectivity index (χ0n) is 36.6. The van der Waals surface area contributed by atoms with Crippen LogP contribution >= 0.6 is 0 Å². The molecule has 4 heteroatoms. The van der Waals surface area contributed by atoms with E-state index < -0.39 is 0 Å². The van der Waals surface area contributed by atoms with E-state index in [9.17, 15) is 0 Å². The van der Waals surface area contributed by atoms with E-state index in [4.69, 9.17) is 8.83 Å². The Labute approximate surface area is 362 Å². The van der Waals surface area contributed by atoms with Crippen LogP contribution < -0.4 is 9.80 Å². The predicted octanol–water partition coefficient (Wildman–Crippen LogP) is 17.2. The van der Waals surface area contributed by atoms with Crippen molar-refractivity contribution in [3.05, 3.63) is 190 Å². The van der Waals surface area contributed by atoms with Gasteiger partial charge in [-0.25, -0.2) is 0 Å². The molecule has 302 valence electrons. The first-order chi connectivity index (χ1) is 30.0. The van der Waals surface area contributed by atoms with Crippen molar-refractivity contribution in [2.45, 2.75) is 55.4 Å². The molecule has 0 bridgehead atoms. The van der Waals surface area contributed by atoms with E-state index >= 15 is 0 Å². The highest BCUT2D eigenvalue weighted by molar-refractivity contribution is 6.24. The van der Waals surface area contributed by atoms with E-state index in [0.717, 1.165) is 94.2 Å². The van der Waals surface area contributed by atoms with Crippen molar-refractivity contribution in [3.8, 4) is 0 Å². The molecule has 0 aliphatic heterocycles. The fourth-order valence-electron chi connectivity index (χ4n) is 9.60. The number of anilines is 6. The Balaban J connectivity index is 1.04. The van der Waals surface area contributed by atoms with Crippen molar-refractivity contribution in [1.29, 1.82) is 0 Å². The summed E-state index contributed by atoms with van der Waals surface area (Å²) in [6, 6.07) is 53.2. The summed E-state index contributed by atoms with van der Waals surface area (Å²) in [5, 5.41) is 8.79. The topological polar surface area (TPSA) is 32.8 Å². The Morgan fingerprint density at radius 3 is 1.29 bits per heavy atom. The summed E-state index contributed by atoms with van der Waals surface area (Å²) < 4.78 is 13.5. The lowest BCUT2D eigenvalue weighted by Crippen LogP contribution is -2.12. The summed E-state index contributed by atoms with van der Waals surface area (Å²) in [6.45, 7) is 17.6. The van der Waals surface area contributed by atoms with Crippen LogP contribution in [0.25, 0.3) is 65.4 Å². The Hall–Kier alpha value is -7.30. The molecule has 4 nitrogen and oxygen atoms in total. The molecule has 0 radical (unpaired) electrons. The van der Waals surface area contributed by atoms with Gasteiger partial charge < -0.3 is 18.6 Å². The molecule has 62 heavy (non-hydrogen) atoms. The van der Waals surface area contributed by atoms with E-state index in [1.807, 2.05) is 0 Å². The van der Waals surface area contributed by atoms with Crippen LogP contribution in [-0.2, 0) is 0 Å². The van der Waals surface area contributed by atoms with E-state index in [-0.39, 0.29) is 0 Å². The van der Waals surface area contributed by atoms with Crippen LogP contribution in [0.5, 0.6) is 0 Å². The van der Waals surface area contributed by atoms with Gasteiger partial charge in [0.2, 0.25) is 0 Å². The molecular formula is C58H48N2O2. The summed E-state index contributed by atoms with van der Waals surface area (Å²) in [7, 11) is 0. The van der Waals surface area contributed by atoms with Crippen molar-refractivity contribution < 1.29 is 8.83 Å². The average Bonchev–Trinajstić information content (AvgIpc) is 3.81. The number of fused-ring (bicyclic) bond motifs is 9. The number of furan rings is 2. The molecule has 0 spiro atoms. The van der Waals surface area contributed by atoms with E-state index in [1.165, 1.54) is 49.9 Å². The second-order valence-corrected chi connectivity index (χ2v) is 17.4. The fourth-order valence-corrected chi connectivity index (χ4v) is 9.60. The summed E-state index contributed by atoms with van der Waals surface area (Å²) in [5.41, 5.74) is 20.4. The lowest BCUT2D eigenvalue weighted by atomic mass is 10.0. The normalized spacial score (nSPS) is 11.9. The van der Waals surface area contributed by atoms with Gasteiger partial charge in [-0.1, -0.05) is 48.5 Å². The highest BCUT2D eigenvalue weighted by Gasteiger charge is 2.21. The standard InChI is InChI=1S/C58H48N2O2/c1-33-13-9-11-15-52(33)59(47-23-35(3)39(7)36(4)24-47)45-19-17-41-29-50-49-21-22-54-57(58(49)62-55(50)31-43(41)27-45)51-30-42-18-20-46(28-44(42)32-56(51)61-54)60(53-16-12-10-14-34(53)2)48-25-37(5)40(8)38(6)26-48/h9-32H,1-8H3. The van der Waals surface area contributed by atoms with Crippen LogP contribution in [0.4, 0.5) is 34.1 Å². The lowest BCUT2D eigenvalue weighted by Gasteiger charge is -2.28. The Kier molecular flexibility index (Phi) is 8.59. The van der Waals surface area contributed by atoms with Crippen molar-refractivity contribution in [1.82, 2.24) is 0 Å². The molecule has 2 heterocycles. The van der Waals surface area contributed by atoms with Crippen LogP contribution in [0, 0.1) is 55.4 Å². The second kappa shape index (κ2) is 14.1. The Bertz CT molecular complexity index is 3590. The van der Waals surface area contributed by atoms with Gasteiger partial charge in [-0.3, -0.25) is 0 Å². The van der Waals surface area contributed by atoms with Gasteiger partial charge in [-0.2, -0.15) is 0 Å². The summed E-state index contributed by atoms with van der Waals surface area (Å²) in [4.78, 5) is 4.77. The molecule has 11 rings (SSSR count). The van der Waals surface area contributed by atoms with Gasteiger partial charge in [0.1, 0.15) is 22.3 Å². The minimum Gasteiger partial charge on any atom is -0.456 e. The number of para-hydroxylation sites is 2. The fraction of sp³-hybridized carbons (Fsp3) is 0.138. The number of aryl methyl sites for hydroxylation is 6. The van der Waals surface area contributed by atoms with E-state index in [1.54, 1.807) is 0 Å². The van der Waals surface area contributed by atoms with Crippen LogP contribution in [0.3, 0.4) is 0 Å². The minimum atomic E-state index is 0.818. The summed E-state index contributed by atoms with van der Waals surface area (Å²) >= 11 is 0. The Morgan fingerprint density at radius 2 is 0.790 bits per heavy atom. The van der Waals surface area contributed by atoms with Crippen LogP contribution in [-0.4, -0.2) is 0 Å². The average molecular weight is 805 g/mol. The predicted molar refractivity (Wildman–Crippen MR) is 263 cm³/mol. The maximum Gasteiger partial charge on any atom is 0.147 e. The first kappa shape index (κ1) is 37.7. The first-order valence-corrected chi connectivity index (χ1v) is 21.6. The van der Waals surface area contributed by atoms with Crippen molar-refractivity contribution in [3.63, 3.8) is 0 Å². The molecule has 0 amide bonds. The SMILES string of the molecule is Cc1ccccc1N(c1cc(C)c(C)c(C)c1)c1ccc2cc3c(cc2c1)oc1c3ccc2oc3cc4cc(N(c5cc(C)c(C)c(C)c5)c5ccccc5C)ccc4cc3c21. The van der Waals surface area contributed by atoms with Gasteiger partial charge in [0.25, 0.3) is 0 Å². The number of benzene rings is 9. The number of rotatable bonds is 6. The number of nitrogens with zero attached hydrogens (tertiary/aromatic N) is 2. The maximum atomic E-state index is 6.89. The monoisotopic (exact) mass is 804 g/mol. The Morgan fingerprint density at radius 1 is 0.323 bits per heavy atom. The first-order valence-electron chi connectivity index (χ1n) is 21.6. The van der Waals surface area contributed by atoms with Gasteiger partial charge >= 0.3 is 0 Å². The molecule has 0 atom stereocenters. The largest absolute Gasteiger partial charge is 0.456 e. The third-order valence-electron chi connectivity index (χ3n) is 13.5. The van der Waals surface area contributed by atoms with Crippen LogP contribution in [0.2, 0.25) is 0 Å². The van der Waals surface area contributed by atoms with Gasteiger partial charge in [-0.05, 0) is 219 Å². The minimum absolute atomic E-state index is 0.818. The summed E-state index contributed by atoms with van der Waals surface area (Å²) in [5.74, 6) is 0. The number of hydrogen-bond acceptors (Lipinski definition) is 4. The smallest absolute Gasteiger partial charge is 0.147 e. The quantitative estimate of drug-likeness (QED) is 0.168. The molecule has 0 saturated heterocycles. The molecular weight excluding hydrogens is 757 g/mol. The highest BCUT2D eigenvalue weighted by atomic mass is 16.3. The molecule has 0 aliphatic rings. The molecule has 0 aliphatic carbocycles. The molecule has 0 fully saturated rings. The summed E-state index contributed by atoms with van der Waals surface area (Å²) in [6.07, 6.45) is 0. The van der Waals surface area contributed by atoms with Crippen molar-refractivity contribution >= 4 is 99.5 Å². The molecule has 0 saturated carbocycles.